The van der Waals surface area contributed by atoms with Crippen LogP contribution in [0.4, 0.5) is 0 Å². The van der Waals surface area contributed by atoms with Gasteiger partial charge in [-0.3, -0.25) is 0 Å². The van der Waals surface area contributed by atoms with Crippen molar-refractivity contribution < 1.29 is 5.11 Å². The van der Waals surface area contributed by atoms with Crippen LogP contribution >= 0.6 is 0 Å². The summed E-state index contributed by atoms with van der Waals surface area (Å²) in [4.78, 5) is 0. The van der Waals surface area contributed by atoms with Crippen LogP contribution in [0.2, 0.25) is 0 Å². The second-order valence-electron chi connectivity index (χ2n) is 3.68. The highest BCUT2D eigenvalue weighted by Gasteiger charge is 2.05. The molecule has 14 heavy (non-hydrogen) atoms. The lowest BCUT2D eigenvalue weighted by molar-refractivity contribution is 0.280. The van der Waals surface area contributed by atoms with Crippen LogP contribution in [0.3, 0.4) is 0 Å². The van der Waals surface area contributed by atoms with E-state index in [2.05, 4.69) is 25.1 Å². The van der Waals surface area contributed by atoms with Crippen LogP contribution < -0.4 is 0 Å². The predicted molar refractivity (Wildman–Crippen MR) is 59.3 cm³/mol. The SMILES string of the molecule is Cc1cc2ccccc2c(C)c1CO. The van der Waals surface area contributed by atoms with Crippen LogP contribution in [-0.4, -0.2) is 5.11 Å². The molecule has 0 fully saturated rings. The minimum absolute atomic E-state index is 0.127. The maximum absolute atomic E-state index is 9.26. The summed E-state index contributed by atoms with van der Waals surface area (Å²) in [5.74, 6) is 0. The van der Waals surface area contributed by atoms with Crippen LogP contribution in [0.25, 0.3) is 10.8 Å². The van der Waals surface area contributed by atoms with Crippen LogP contribution in [0, 0.1) is 13.8 Å². The molecule has 0 saturated carbocycles. The quantitative estimate of drug-likeness (QED) is 0.726. The highest BCUT2D eigenvalue weighted by atomic mass is 16.3. The zero-order chi connectivity index (χ0) is 10.1. The van der Waals surface area contributed by atoms with E-state index in [-0.39, 0.29) is 6.61 Å². The van der Waals surface area contributed by atoms with Crippen LogP contribution in [0.1, 0.15) is 16.7 Å². The summed E-state index contributed by atoms with van der Waals surface area (Å²) in [6.07, 6.45) is 0. The molecule has 1 heteroatoms. The molecule has 2 aromatic carbocycles. The van der Waals surface area contributed by atoms with Crippen molar-refractivity contribution in [2.24, 2.45) is 0 Å². The van der Waals surface area contributed by atoms with E-state index in [1.807, 2.05) is 19.1 Å². The zero-order valence-corrected chi connectivity index (χ0v) is 8.54. The van der Waals surface area contributed by atoms with E-state index in [4.69, 9.17) is 0 Å². The summed E-state index contributed by atoms with van der Waals surface area (Å²) in [7, 11) is 0. The van der Waals surface area contributed by atoms with Gasteiger partial charge in [-0.2, -0.15) is 0 Å². The molecule has 2 rings (SSSR count). The first-order chi connectivity index (χ1) is 6.74. The van der Waals surface area contributed by atoms with Crippen molar-refractivity contribution in [2.75, 3.05) is 0 Å². The van der Waals surface area contributed by atoms with Crippen LogP contribution in [-0.2, 0) is 6.61 Å². The molecule has 0 atom stereocenters. The zero-order valence-electron chi connectivity index (χ0n) is 8.54. The van der Waals surface area contributed by atoms with E-state index in [9.17, 15) is 5.11 Å². The second kappa shape index (κ2) is 3.43. The van der Waals surface area contributed by atoms with Gasteiger partial charge in [0.2, 0.25) is 0 Å². The second-order valence-corrected chi connectivity index (χ2v) is 3.68. The maximum atomic E-state index is 9.26. The molecular formula is C13H14O. The Morgan fingerprint density at radius 2 is 1.86 bits per heavy atom. The normalized spacial score (nSPS) is 10.8. The molecule has 0 bridgehead atoms. The summed E-state index contributed by atoms with van der Waals surface area (Å²) >= 11 is 0. The topological polar surface area (TPSA) is 20.2 Å². The van der Waals surface area contributed by atoms with Gasteiger partial charge < -0.3 is 5.11 Å². The molecule has 0 unspecified atom stereocenters. The lowest BCUT2D eigenvalue weighted by atomic mass is 9.96. The van der Waals surface area contributed by atoms with Gasteiger partial charge >= 0.3 is 0 Å². The first kappa shape index (κ1) is 9.22. The largest absolute Gasteiger partial charge is 0.392 e. The number of aliphatic hydroxyl groups is 1. The monoisotopic (exact) mass is 186 g/mol. The Balaban J connectivity index is 2.86. The fraction of sp³-hybridized carbons (Fsp3) is 0.231. The number of fused-ring (bicyclic) bond motifs is 1. The molecule has 0 aliphatic heterocycles. The Morgan fingerprint density at radius 3 is 2.57 bits per heavy atom. The van der Waals surface area contributed by atoms with Crippen LogP contribution in [0.5, 0.6) is 0 Å². The van der Waals surface area contributed by atoms with Gasteiger partial charge in [0, 0.05) is 0 Å². The van der Waals surface area contributed by atoms with Gasteiger partial charge in [0.1, 0.15) is 0 Å². The highest BCUT2D eigenvalue weighted by molar-refractivity contribution is 5.87. The van der Waals surface area contributed by atoms with Gasteiger partial charge in [-0.15, -0.1) is 0 Å². The molecule has 0 radical (unpaired) electrons. The van der Waals surface area contributed by atoms with E-state index in [0.717, 1.165) is 5.56 Å². The minimum Gasteiger partial charge on any atom is -0.392 e. The molecular weight excluding hydrogens is 172 g/mol. The standard InChI is InChI=1S/C13H14O/c1-9-7-11-5-3-4-6-12(11)10(2)13(9)8-14/h3-7,14H,8H2,1-2H3. The molecule has 2 aromatic rings. The van der Waals surface area contributed by atoms with Gasteiger partial charge in [-0.05, 0) is 41.3 Å². The predicted octanol–water partition coefficient (Wildman–Crippen LogP) is 2.95. The summed E-state index contributed by atoms with van der Waals surface area (Å²) in [6, 6.07) is 10.4. The molecule has 0 aliphatic rings. The number of aryl methyl sites for hydroxylation is 2. The van der Waals surface area contributed by atoms with E-state index in [1.165, 1.54) is 21.9 Å². The Morgan fingerprint density at radius 1 is 1.14 bits per heavy atom. The molecule has 0 saturated heterocycles. The summed E-state index contributed by atoms with van der Waals surface area (Å²) < 4.78 is 0. The summed E-state index contributed by atoms with van der Waals surface area (Å²) in [5, 5.41) is 11.7. The van der Waals surface area contributed by atoms with E-state index in [0.29, 0.717) is 0 Å². The van der Waals surface area contributed by atoms with Crippen molar-refractivity contribution in [2.45, 2.75) is 20.5 Å². The Bertz CT molecular complexity index is 472. The lowest BCUT2D eigenvalue weighted by Gasteiger charge is -2.10. The van der Waals surface area contributed by atoms with Gasteiger partial charge in [0.05, 0.1) is 6.61 Å². The number of aliphatic hydroxyl groups excluding tert-OH is 1. The molecule has 0 aliphatic carbocycles. The Kier molecular flexibility index (Phi) is 2.26. The van der Waals surface area contributed by atoms with Crippen LogP contribution in [0.15, 0.2) is 30.3 Å². The molecule has 0 amide bonds. The average Bonchev–Trinajstić information content (AvgIpc) is 2.18. The lowest BCUT2D eigenvalue weighted by Crippen LogP contribution is -1.94. The first-order valence-corrected chi connectivity index (χ1v) is 4.82. The first-order valence-electron chi connectivity index (χ1n) is 4.82. The molecule has 0 heterocycles. The van der Waals surface area contributed by atoms with Gasteiger partial charge in [-0.25, -0.2) is 0 Å². The van der Waals surface area contributed by atoms with E-state index in [1.54, 1.807) is 0 Å². The highest BCUT2D eigenvalue weighted by Crippen LogP contribution is 2.24. The van der Waals surface area contributed by atoms with Crippen molar-refractivity contribution in [3.05, 3.63) is 47.0 Å². The fourth-order valence-electron chi connectivity index (χ4n) is 1.99. The maximum Gasteiger partial charge on any atom is 0.0687 e. The van der Waals surface area contributed by atoms with Crippen molar-refractivity contribution in [1.29, 1.82) is 0 Å². The van der Waals surface area contributed by atoms with Crippen molar-refractivity contribution in [1.82, 2.24) is 0 Å². The Labute approximate surface area is 84.0 Å². The number of benzene rings is 2. The Hall–Kier alpha value is -1.34. The van der Waals surface area contributed by atoms with E-state index < -0.39 is 0 Å². The van der Waals surface area contributed by atoms with E-state index >= 15 is 0 Å². The molecule has 0 aromatic heterocycles. The molecule has 1 nitrogen and oxygen atoms in total. The van der Waals surface area contributed by atoms with Crippen molar-refractivity contribution >= 4 is 10.8 Å². The number of hydrogen-bond donors (Lipinski definition) is 1. The van der Waals surface area contributed by atoms with Crippen molar-refractivity contribution in [3.8, 4) is 0 Å². The minimum atomic E-state index is 0.127. The van der Waals surface area contributed by atoms with Gasteiger partial charge in [0.15, 0.2) is 0 Å². The summed E-state index contributed by atoms with van der Waals surface area (Å²) in [6.45, 7) is 4.24. The van der Waals surface area contributed by atoms with Gasteiger partial charge in [0.25, 0.3) is 0 Å². The molecule has 1 N–H and O–H groups in total. The molecule has 0 spiro atoms. The van der Waals surface area contributed by atoms with Crippen molar-refractivity contribution in [3.63, 3.8) is 0 Å². The summed E-state index contributed by atoms with van der Waals surface area (Å²) in [5.41, 5.74) is 3.43. The smallest absolute Gasteiger partial charge is 0.0687 e. The third kappa shape index (κ3) is 1.30. The average molecular weight is 186 g/mol. The molecule has 72 valence electrons. The van der Waals surface area contributed by atoms with Gasteiger partial charge in [-0.1, -0.05) is 30.3 Å². The number of hydrogen-bond acceptors (Lipinski definition) is 1. The fourth-order valence-corrected chi connectivity index (χ4v) is 1.99. The third-order valence-electron chi connectivity index (χ3n) is 2.82. The third-order valence-corrected chi connectivity index (χ3v) is 2.82. The number of rotatable bonds is 1.